The normalized spacial score (nSPS) is 24.6. The van der Waals surface area contributed by atoms with Crippen LogP contribution in [0.4, 0.5) is 0 Å². The SMILES string of the molecule is CN(C)CCc1c[nH]c2cccc(OC3CC(O)CC(CO)O3)c12. The zero-order valence-corrected chi connectivity index (χ0v) is 14.2. The van der Waals surface area contributed by atoms with Crippen molar-refractivity contribution in [1.29, 1.82) is 0 Å². The van der Waals surface area contributed by atoms with Gasteiger partial charge in [0.05, 0.1) is 18.8 Å². The van der Waals surface area contributed by atoms with Crippen molar-refractivity contribution in [3.8, 4) is 5.75 Å². The van der Waals surface area contributed by atoms with E-state index in [9.17, 15) is 10.2 Å². The zero-order valence-electron chi connectivity index (χ0n) is 14.2. The van der Waals surface area contributed by atoms with Crippen LogP contribution < -0.4 is 4.74 Å². The number of aliphatic hydroxyl groups is 2. The number of H-pyrrole nitrogens is 1. The van der Waals surface area contributed by atoms with Gasteiger partial charge in [-0.05, 0) is 38.2 Å². The van der Waals surface area contributed by atoms with Gasteiger partial charge in [-0.15, -0.1) is 0 Å². The zero-order chi connectivity index (χ0) is 17.1. The van der Waals surface area contributed by atoms with E-state index in [2.05, 4.69) is 24.0 Å². The number of ether oxygens (including phenoxy) is 2. The van der Waals surface area contributed by atoms with E-state index in [1.165, 1.54) is 5.56 Å². The molecule has 1 aromatic heterocycles. The number of aromatic nitrogens is 1. The summed E-state index contributed by atoms with van der Waals surface area (Å²) in [6.45, 7) is 0.839. The average Bonchev–Trinajstić information content (AvgIpc) is 2.96. The highest BCUT2D eigenvalue weighted by Gasteiger charge is 2.29. The van der Waals surface area contributed by atoms with Crippen molar-refractivity contribution < 1.29 is 19.7 Å². The van der Waals surface area contributed by atoms with Gasteiger partial charge in [-0.3, -0.25) is 0 Å². The minimum absolute atomic E-state index is 0.112. The van der Waals surface area contributed by atoms with Crippen LogP contribution in [0.15, 0.2) is 24.4 Å². The minimum Gasteiger partial charge on any atom is -0.464 e. The van der Waals surface area contributed by atoms with Crippen molar-refractivity contribution in [1.82, 2.24) is 9.88 Å². The molecule has 6 nitrogen and oxygen atoms in total. The number of fused-ring (bicyclic) bond motifs is 1. The first-order valence-electron chi connectivity index (χ1n) is 8.41. The highest BCUT2D eigenvalue weighted by Crippen LogP contribution is 2.32. The number of rotatable bonds is 6. The lowest BCUT2D eigenvalue weighted by molar-refractivity contribution is -0.184. The second-order valence-electron chi connectivity index (χ2n) is 6.66. The Bertz CT molecular complexity index is 670. The van der Waals surface area contributed by atoms with Gasteiger partial charge in [-0.2, -0.15) is 0 Å². The molecule has 3 rings (SSSR count). The van der Waals surface area contributed by atoms with E-state index < -0.39 is 12.4 Å². The quantitative estimate of drug-likeness (QED) is 0.746. The summed E-state index contributed by atoms with van der Waals surface area (Å²) in [5, 5.41) is 20.3. The van der Waals surface area contributed by atoms with Crippen LogP contribution in [-0.2, 0) is 11.2 Å². The van der Waals surface area contributed by atoms with Crippen molar-refractivity contribution in [3.63, 3.8) is 0 Å². The Balaban J connectivity index is 1.82. The first kappa shape index (κ1) is 17.2. The molecule has 0 saturated carbocycles. The van der Waals surface area contributed by atoms with Crippen molar-refractivity contribution in [2.24, 2.45) is 0 Å². The number of hydrogen-bond donors (Lipinski definition) is 3. The Labute approximate surface area is 142 Å². The third-order valence-corrected chi connectivity index (χ3v) is 4.38. The Morgan fingerprint density at radius 2 is 2.17 bits per heavy atom. The van der Waals surface area contributed by atoms with Crippen molar-refractivity contribution in [2.75, 3.05) is 27.2 Å². The molecule has 2 aromatic rings. The van der Waals surface area contributed by atoms with E-state index in [4.69, 9.17) is 9.47 Å². The number of benzene rings is 1. The fraction of sp³-hybridized carbons (Fsp3) is 0.556. The third kappa shape index (κ3) is 3.89. The van der Waals surface area contributed by atoms with Gasteiger partial charge in [0.1, 0.15) is 5.75 Å². The molecule has 3 N–H and O–H groups in total. The maximum absolute atomic E-state index is 9.95. The summed E-state index contributed by atoms with van der Waals surface area (Å²) in [6, 6.07) is 5.88. The number of nitrogens with one attached hydrogen (secondary N) is 1. The lowest BCUT2D eigenvalue weighted by atomic mass is 10.1. The Kier molecular flexibility index (Phi) is 5.40. The van der Waals surface area contributed by atoms with Gasteiger partial charge < -0.3 is 29.6 Å². The minimum atomic E-state index is -0.548. The predicted molar refractivity (Wildman–Crippen MR) is 92.2 cm³/mol. The molecule has 0 amide bonds. The third-order valence-electron chi connectivity index (χ3n) is 4.38. The van der Waals surface area contributed by atoms with E-state index in [0.717, 1.165) is 29.6 Å². The smallest absolute Gasteiger partial charge is 0.202 e. The van der Waals surface area contributed by atoms with Crippen LogP contribution in [0.25, 0.3) is 10.9 Å². The van der Waals surface area contributed by atoms with E-state index in [0.29, 0.717) is 12.8 Å². The Hall–Kier alpha value is -1.60. The van der Waals surface area contributed by atoms with Crippen LogP contribution in [0.3, 0.4) is 0 Å². The molecule has 1 aromatic carbocycles. The van der Waals surface area contributed by atoms with Gasteiger partial charge >= 0.3 is 0 Å². The summed E-state index contributed by atoms with van der Waals surface area (Å²) in [7, 11) is 4.11. The summed E-state index contributed by atoms with van der Waals surface area (Å²) in [4.78, 5) is 5.44. The molecule has 1 saturated heterocycles. The van der Waals surface area contributed by atoms with Gasteiger partial charge in [0.15, 0.2) is 0 Å². The van der Waals surface area contributed by atoms with E-state index in [1.807, 2.05) is 24.4 Å². The molecule has 1 aliphatic rings. The van der Waals surface area contributed by atoms with Gasteiger partial charge in [0.25, 0.3) is 0 Å². The van der Waals surface area contributed by atoms with Gasteiger partial charge in [0, 0.05) is 36.5 Å². The highest BCUT2D eigenvalue weighted by molar-refractivity contribution is 5.89. The van der Waals surface area contributed by atoms with Crippen LogP contribution in [0, 0.1) is 0 Å². The van der Waals surface area contributed by atoms with Crippen LogP contribution >= 0.6 is 0 Å². The number of nitrogens with zero attached hydrogens (tertiary/aromatic N) is 1. The molecule has 1 aliphatic heterocycles. The average molecular weight is 334 g/mol. The first-order valence-corrected chi connectivity index (χ1v) is 8.41. The van der Waals surface area contributed by atoms with E-state index in [1.54, 1.807) is 0 Å². The standard InChI is InChI=1S/C18H26N2O4/c1-20(2)7-6-12-10-19-15-4-3-5-16(18(12)15)24-17-9-13(22)8-14(11-21)23-17/h3-5,10,13-14,17,19,21-22H,6-9,11H2,1-2H3. The molecule has 3 unspecified atom stereocenters. The van der Waals surface area contributed by atoms with Gasteiger partial charge in [-0.25, -0.2) is 0 Å². The summed E-state index contributed by atoms with van der Waals surface area (Å²) < 4.78 is 11.8. The summed E-state index contributed by atoms with van der Waals surface area (Å²) in [5.74, 6) is 0.748. The summed E-state index contributed by atoms with van der Waals surface area (Å²) in [6.07, 6.45) is 2.35. The molecule has 2 heterocycles. The molecular formula is C18H26N2O4. The van der Waals surface area contributed by atoms with Gasteiger partial charge in [-0.1, -0.05) is 6.07 Å². The fourth-order valence-electron chi connectivity index (χ4n) is 3.14. The molecule has 0 spiro atoms. The molecular weight excluding hydrogens is 308 g/mol. The van der Waals surface area contributed by atoms with Crippen molar-refractivity contribution in [2.45, 2.75) is 37.8 Å². The molecule has 0 radical (unpaired) electrons. The number of likely N-dealkylation sites (N-methyl/N-ethyl adjacent to an activating group) is 1. The van der Waals surface area contributed by atoms with Crippen LogP contribution in [0.5, 0.6) is 5.75 Å². The molecule has 0 aliphatic carbocycles. The van der Waals surface area contributed by atoms with Crippen molar-refractivity contribution >= 4 is 10.9 Å². The molecule has 0 bridgehead atoms. The van der Waals surface area contributed by atoms with E-state index >= 15 is 0 Å². The second kappa shape index (κ2) is 7.53. The fourth-order valence-corrected chi connectivity index (χ4v) is 3.14. The maximum Gasteiger partial charge on any atom is 0.202 e. The number of aliphatic hydroxyl groups excluding tert-OH is 2. The van der Waals surface area contributed by atoms with Crippen LogP contribution in [0.2, 0.25) is 0 Å². The highest BCUT2D eigenvalue weighted by atomic mass is 16.7. The number of hydrogen-bond acceptors (Lipinski definition) is 5. The van der Waals surface area contributed by atoms with Crippen LogP contribution in [0.1, 0.15) is 18.4 Å². The Morgan fingerprint density at radius 1 is 1.33 bits per heavy atom. The number of aromatic amines is 1. The van der Waals surface area contributed by atoms with Crippen LogP contribution in [-0.4, -0.2) is 65.8 Å². The molecule has 1 fully saturated rings. The topological polar surface area (TPSA) is 78.0 Å². The lowest BCUT2D eigenvalue weighted by Gasteiger charge is -2.32. The molecule has 3 atom stereocenters. The summed E-state index contributed by atoms with van der Waals surface area (Å²) >= 11 is 0. The van der Waals surface area contributed by atoms with Gasteiger partial charge in [0.2, 0.25) is 6.29 Å². The lowest BCUT2D eigenvalue weighted by Crippen LogP contribution is -2.40. The van der Waals surface area contributed by atoms with E-state index in [-0.39, 0.29) is 12.7 Å². The predicted octanol–water partition coefficient (Wildman–Crippen LogP) is 1.51. The monoisotopic (exact) mass is 334 g/mol. The summed E-state index contributed by atoms with van der Waals surface area (Å²) in [5.41, 5.74) is 2.22. The maximum atomic E-state index is 9.95. The Morgan fingerprint density at radius 3 is 2.92 bits per heavy atom. The largest absolute Gasteiger partial charge is 0.464 e. The molecule has 132 valence electrons. The molecule has 24 heavy (non-hydrogen) atoms. The first-order chi connectivity index (χ1) is 11.6. The molecule has 6 heteroatoms. The van der Waals surface area contributed by atoms with Crippen molar-refractivity contribution in [3.05, 3.63) is 30.0 Å². The second-order valence-corrected chi connectivity index (χ2v) is 6.66.